The molecule has 4 rings (SSSR count). The second-order valence-corrected chi connectivity index (χ2v) is 6.61. The van der Waals surface area contributed by atoms with Crippen LogP contribution in [0.25, 0.3) is 20.8 Å². The Morgan fingerprint density at radius 2 is 2.00 bits per heavy atom. The van der Waals surface area contributed by atoms with Crippen LogP contribution in [0, 0.1) is 0 Å². The van der Waals surface area contributed by atoms with Crippen LogP contribution in [0.5, 0.6) is 11.5 Å². The van der Waals surface area contributed by atoms with E-state index in [0.29, 0.717) is 12.4 Å². The number of aryl methyl sites for hydroxylation is 2. The van der Waals surface area contributed by atoms with E-state index in [1.54, 1.807) is 17.4 Å². The van der Waals surface area contributed by atoms with Crippen molar-refractivity contribution in [3.63, 3.8) is 0 Å². The second kappa shape index (κ2) is 5.29. The van der Waals surface area contributed by atoms with Gasteiger partial charge in [0.15, 0.2) is 11.5 Å². The van der Waals surface area contributed by atoms with E-state index >= 15 is 0 Å². The smallest absolute Gasteiger partial charge is 0.161 e. The first-order valence-electron chi connectivity index (χ1n) is 7.63. The van der Waals surface area contributed by atoms with Crippen molar-refractivity contribution in [2.24, 2.45) is 0 Å². The number of fused-ring (bicyclic) bond motifs is 2. The Kier molecular flexibility index (Phi) is 3.26. The van der Waals surface area contributed by atoms with E-state index < -0.39 is 0 Å². The summed E-state index contributed by atoms with van der Waals surface area (Å²) >= 11 is 1.70. The van der Waals surface area contributed by atoms with Gasteiger partial charge in [0, 0.05) is 5.56 Å². The van der Waals surface area contributed by atoms with Gasteiger partial charge in [-0.25, -0.2) is 4.98 Å². The van der Waals surface area contributed by atoms with Crippen LogP contribution >= 0.6 is 11.3 Å². The minimum atomic E-state index is 0.172. The summed E-state index contributed by atoms with van der Waals surface area (Å²) in [5, 5.41) is 10.8. The first kappa shape index (κ1) is 13.6. The van der Waals surface area contributed by atoms with Crippen molar-refractivity contribution >= 4 is 21.6 Å². The highest BCUT2D eigenvalue weighted by Crippen LogP contribution is 2.37. The number of aromatic nitrogens is 1. The predicted molar refractivity (Wildman–Crippen MR) is 89.9 cm³/mol. The quantitative estimate of drug-likeness (QED) is 0.771. The number of benzene rings is 2. The number of ether oxygens (including phenoxy) is 1. The van der Waals surface area contributed by atoms with E-state index in [1.165, 1.54) is 35.1 Å². The summed E-state index contributed by atoms with van der Waals surface area (Å²) < 4.78 is 6.70. The molecule has 3 aromatic rings. The SMILES string of the molecule is CCOc1cc(-c2nc3cc4c(cc3s2)CCC4)ccc1O. The number of phenols is 1. The highest BCUT2D eigenvalue weighted by molar-refractivity contribution is 7.21. The van der Waals surface area contributed by atoms with Crippen LogP contribution in [0.15, 0.2) is 30.3 Å². The van der Waals surface area contributed by atoms with E-state index in [4.69, 9.17) is 9.72 Å². The molecule has 1 aromatic heterocycles. The zero-order valence-corrected chi connectivity index (χ0v) is 13.2. The minimum Gasteiger partial charge on any atom is -0.504 e. The van der Waals surface area contributed by atoms with Crippen molar-refractivity contribution in [3.05, 3.63) is 41.5 Å². The molecule has 0 bridgehead atoms. The Hall–Kier alpha value is -2.07. The van der Waals surface area contributed by atoms with Crippen LogP contribution in [0.4, 0.5) is 0 Å². The Balaban J connectivity index is 1.79. The zero-order chi connectivity index (χ0) is 15.1. The largest absolute Gasteiger partial charge is 0.504 e. The molecule has 0 fully saturated rings. The number of hydrogen-bond donors (Lipinski definition) is 1. The van der Waals surface area contributed by atoms with Gasteiger partial charge in [-0.1, -0.05) is 0 Å². The molecule has 22 heavy (non-hydrogen) atoms. The fourth-order valence-electron chi connectivity index (χ4n) is 3.04. The van der Waals surface area contributed by atoms with Crippen molar-refractivity contribution in [3.8, 4) is 22.1 Å². The van der Waals surface area contributed by atoms with Crippen molar-refractivity contribution in [1.29, 1.82) is 0 Å². The Morgan fingerprint density at radius 1 is 1.18 bits per heavy atom. The summed E-state index contributed by atoms with van der Waals surface area (Å²) in [5.74, 6) is 0.687. The van der Waals surface area contributed by atoms with Gasteiger partial charge in [-0.2, -0.15) is 0 Å². The standard InChI is InChI=1S/C18H17NO2S/c1-2-21-16-9-13(6-7-15(16)20)18-19-14-8-11-4-3-5-12(11)10-17(14)22-18/h6-10,20H,2-5H2,1H3. The molecule has 2 aromatic carbocycles. The van der Waals surface area contributed by atoms with Gasteiger partial charge in [0.1, 0.15) is 5.01 Å². The summed E-state index contributed by atoms with van der Waals surface area (Å²) in [6.07, 6.45) is 3.62. The Bertz CT molecular complexity index is 813. The molecule has 0 saturated heterocycles. The van der Waals surface area contributed by atoms with Crippen molar-refractivity contribution in [1.82, 2.24) is 4.98 Å². The van der Waals surface area contributed by atoms with Gasteiger partial charge in [-0.15, -0.1) is 11.3 Å². The second-order valence-electron chi connectivity index (χ2n) is 5.58. The summed E-state index contributed by atoms with van der Waals surface area (Å²) in [5.41, 5.74) is 4.99. The van der Waals surface area contributed by atoms with Gasteiger partial charge >= 0.3 is 0 Å². The molecule has 0 atom stereocenters. The van der Waals surface area contributed by atoms with Crippen LogP contribution in [0.2, 0.25) is 0 Å². The lowest BCUT2D eigenvalue weighted by Crippen LogP contribution is -1.92. The first-order chi connectivity index (χ1) is 10.7. The van der Waals surface area contributed by atoms with E-state index in [2.05, 4.69) is 12.1 Å². The monoisotopic (exact) mass is 311 g/mol. The number of aromatic hydroxyl groups is 1. The van der Waals surface area contributed by atoms with E-state index in [0.717, 1.165) is 16.1 Å². The van der Waals surface area contributed by atoms with Crippen LogP contribution in [0.1, 0.15) is 24.5 Å². The predicted octanol–water partition coefficient (Wildman–Crippen LogP) is 4.56. The maximum Gasteiger partial charge on any atom is 0.161 e. The van der Waals surface area contributed by atoms with Gasteiger partial charge in [0.05, 0.1) is 16.8 Å². The maximum atomic E-state index is 9.82. The molecule has 0 saturated carbocycles. The summed E-state index contributed by atoms with van der Waals surface area (Å²) in [6.45, 7) is 2.44. The molecule has 3 nitrogen and oxygen atoms in total. The molecule has 0 aliphatic heterocycles. The highest BCUT2D eigenvalue weighted by atomic mass is 32.1. The van der Waals surface area contributed by atoms with Crippen LogP contribution in [-0.2, 0) is 12.8 Å². The van der Waals surface area contributed by atoms with E-state index in [1.807, 2.05) is 19.1 Å². The molecule has 4 heteroatoms. The molecule has 1 aliphatic carbocycles. The van der Waals surface area contributed by atoms with Gasteiger partial charge in [0.25, 0.3) is 0 Å². The summed E-state index contributed by atoms with van der Waals surface area (Å²) in [6, 6.07) is 9.96. The topological polar surface area (TPSA) is 42.4 Å². The summed E-state index contributed by atoms with van der Waals surface area (Å²) in [4.78, 5) is 4.77. The van der Waals surface area contributed by atoms with Crippen molar-refractivity contribution in [2.45, 2.75) is 26.2 Å². The lowest BCUT2D eigenvalue weighted by Gasteiger charge is -2.06. The van der Waals surface area contributed by atoms with Crippen LogP contribution in [-0.4, -0.2) is 16.7 Å². The van der Waals surface area contributed by atoms with Crippen LogP contribution in [0.3, 0.4) is 0 Å². The van der Waals surface area contributed by atoms with Crippen LogP contribution < -0.4 is 4.74 Å². The number of nitrogens with zero attached hydrogens (tertiary/aromatic N) is 1. The molecule has 0 amide bonds. The molecule has 1 N–H and O–H groups in total. The number of thiazole rings is 1. The minimum absolute atomic E-state index is 0.172. The summed E-state index contributed by atoms with van der Waals surface area (Å²) in [7, 11) is 0. The molecule has 1 aliphatic rings. The average Bonchev–Trinajstić information content (AvgIpc) is 3.12. The molecule has 0 spiro atoms. The molecule has 112 valence electrons. The molecular formula is C18H17NO2S. The Morgan fingerprint density at radius 3 is 2.82 bits per heavy atom. The third-order valence-electron chi connectivity index (χ3n) is 4.11. The number of phenolic OH excluding ortho intramolecular Hbond substituents is 1. The fourth-order valence-corrected chi connectivity index (χ4v) is 4.04. The normalized spacial score (nSPS) is 13.5. The highest BCUT2D eigenvalue weighted by Gasteiger charge is 2.15. The molecule has 1 heterocycles. The number of hydrogen-bond acceptors (Lipinski definition) is 4. The third-order valence-corrected chi connectivity index (χ3v) is 5.18. The maximum absolute atomic E-state index is 9.82. The van der Waals surface area contributed by atoms with Gasteiger partial charge in [-0.3, -0.25) is 0 Å². The lowest BCUT2D eigenvalue weighted by molar-refractivity contribution is 0.318. The molecular weight excluding hydrogens is 294 g/mol. The Labute approximate surface area is 133 Å². The van der Waals surface area contributed by atoms with E-state index in [9.17, 15) is 5.11 Å². The fraction of sp³-hybridized carbons (Fsp3) is 0.278. The van der Waals surface area contributed by atoms with Gasteiger partial charge < -0.3 is 9.84 Å². The lowest BCUT2D eigenvalue weighted by atomic mass is 10.1. The third kappa shape index (κ3) is 2.24. The zero-order valence-electron chi connectivity index (χ0n) is 12.4. The van der Waals surface area contributed by atoms with Gasteiger partial charge in [0.2, 0.25) is 0 Å². The van der Waals surface area contributed by atoms with Crippen molar-refractivity contribution in [2.75, 3.05) is 6.61 Å². The van der Waals surface area contributed by atoms with Crippen molar-refractivity contribution < 1.29 is 9.84 Å². The molecule has 0 radical (unpaired) electrons. The average molecular weight is 311 g/mol. The number of rotatable bonds is 3. The van der Waals surface area contributed by atoms with E-state index in [-0.39, 0.29) is 5.75 Å². The van der Waals surface area contributed by atoms with Gasteiger partial charge in [-0.05, 0) is 67.6 Å². The first-order valence-corrected chi connectivity index (χ1v) is 8.45. The molecule has 0 unspecified atom stereocenters.